The fourth-order valence-corrected chi connectivity index (χ4v) is 5.17. The van der Waals surface area contributed by atoms with Crippen LogP contribution in [0.5, 0.6) is 0 Å². The molecule has 0 saturated carbocycles. The molecule has 0 atom stereocenters. The zero-order chi connectivity index (χ0) is 27.1. The lowest BCUT2D eigenvalue weighted by Crippen LogP contribution is -2.41. The zero-order valence-electron chi connectivity index (χ0n) is 20.6. The van der Waals surface area contributed by atoms with Crippen molar-refractivity contribution >= 4 is 46.0 Å². The predicted molar refractivity (Wildman–Crippen MR) is 149 cm³/mol. The molecule has 0 fully saturated rings. The summed E-state index contributed by atoms with van der Waals surface area (Å²) in [5.41, 5.74) is 2.79. The molecule has 0 aliphatic carbocycles. The topological polar surface area (TPSA) is 89.5 Å². The van der Waals surface area contributed by atoms with Gasteiger partial charge in [0.1, 0.15) is 11.3 Å². The van der Waals surface area contributed by atoms with Gasteiger partial charge >= 0.3 is 5.69 Å². The summed E-state index contributed by atoms with van der Waals surface area (Å²) in [5, 5.41) is 4.37. The molecule has 0 bridgehead atoms. The Morgan fingerprint density at radius 2 is 1.74 bits per heavy atom. The fraction of sp³-hybridized carbons (Fsp3) is 0.138. The first-order chi connectivity index (χ1) is 18.9. The van der Waals surface area contributed by atoms with Crippen LogP contribution in [0.4, 0.5) is 0 Å². The van der Waals surface area contributed by atoms with Crippen LogP contribution in [0.2, 0.25) is 10.0 Å². The molecule has 0 spiro atoms. The normalized spacial score (nSPS) is 12.9. The summed E-state index contributed by atoms with van der Waals surface area (Å²) in [4.78, 5) is 42.4. The van der Waals surface area contributed by atoms with E-state index in [9.17, 15) is 14.4 Å². The van der Waals surface area contributed by atoms with E-state index in [1.807, 2.05) is 30.3 Å². The lowest BCUT2D eigenvalue weighted by atomic mass is 10.1. The maximum atomic E-state index is 13.7. The van der Waals surface area contributed by atoms with Crippen molar-refractivity contribution in [3.8, 4) is 5.69 Å². The molecule has 6 rings (SSSR count). The molecule has 10 heteroatoms. The van der Waals surface area contributed by atoms with E-state index in [0.717, 1.165) is 10.9 Å². The van der Waals surface area contributed by atoms with Gasteiger partial charge in [-0.15, -0.1) is 0 Å². The number of nitrogens with zero attached hydrogens (tertiary/aromatic N) is 3. The van der Waals surface area contributed by atoms with Crippen molar-refractivity contribution in [2.75, 3.05) is 6.54 Å². The molecule has 1 aliphatic heterocycles. The van der Waals surface area contributed by atoms with E-state index in [2.05, 4.69) is 5.32 Å². The van der Waals surface area contributed by atoms with Gasteiger partial charge in [0.15, 0.2) is 0 Å². The van der Waals surface area contributed by atoms with Crippen molar-refractivity contribution in [1.82, 2.24) is 19.4 Å². The largest absolute Gasteiger partial charge is 0.464 e. The van der Waals surface area contributed by atoms with Crippen LogP contribution in [0.15, 0.2) is 88.3 Å². The Bertz CT molecular complexity index is 1790. The van der Waals surface area contributed by atoms with Gasteiger partial charge in [0.25, 0.3) is 11.8 Å². The highest BCUT2D eigenvalue weighted by molar-refractivity contribution is 6.42. The number of furan rings is 1. The Hall–Kier alpha value is -4.27. The Balaban J connectivity index is 1.41. The standard InChI is InChI=1S/C29H22Cl2N4O4/c30-22-8-6-20(15-23(22)31)28(37)33-11-12-34-24(17-33)26(27(36)32-16-18-4-2-1-3-5-18)35(29(34)38)21-7-9-25-19(14-21)10-13-39-25/h1-10,13-15H,11-12,16-17H2,(H,32,36). The minimum absolute atomic E-state index is 0.0728. The highest BCUT2D eigenvalue weighted by Crippen LogP contribution is 2.26. The van der Waals surface area contributed by atoms with Crippen LogP contribution < -0.4 is 11.0 Å². The van der Waals surface area contributed by atoms with Crippen molar-refractivity contribution in [3.63, 3.8) is 0 Å². The minimum Gasteiger partial charge on any atom is -0.464 e. The zero-order valence-corrected chi connectivity index (χ0v) is 22.1. The van der Waals surface area contributed by atoms with Gasteiger partial charge in [-0.05, 0) is 48.0 Å². The number of rotatable bonds is 5. The third-order valence-corrected chi connectivity index (χ3v) is 7.58. The van der Waals surface area contributed by atoms with Crippen molar-refractivity contribution in [2.24, 2.45) is 0 Å². The number of aromatic nitrogens is 2. The van der Waals surface area contributed by atoms with E-state index in [1.54, 1.807) is 52.1 Å². The summed E-state index contributed by atoms with van der Waals surface area (Å²) >= 11 is 12.2. The molecule has 3 heterocycles. The van der Waals surface area contributed by atoms with E-state index >= 15 is 0 Å². The van der Waals surface area contributed by atoms with Gasteiger partial charge < -0.3 is 14.6 Å². The predicted octanol–water partition coefficient (Wildman–Crippen LogP) is 5.28. The highest BCUT2D eigenvalue weighted by Gasteiger charge is 2.32. The van der Waals surface area contributed by atoms with E-state index in [-0.39, 0.29) is 41.9 Å². The number of carbonyl (C=O) groups is 2. The third-order valence-electron chi connectivity index (χ3n) is 6.84. The van der Waals surface area contributed by atoms with Crippen molar-refractivity contribution in [3.05, 3.63) is 122 Å². The molecule has 8 nitrogen and oxygen atoms in total. The summed E-state index contributed by atoms with van der Waals surface area (Å²) in [6.45, 7) is 0.886. The molecule has 0 saturated heterocycles. The summed E-state index contributed by atoms with van der Waals surface area (Å²) < 4.78 is 8.43. The molecule has 1 aliphatic rings. The number of benzene rings is 3. The van der Waals surface area contributed by atoms with Crippen LogP contribution in [-0.2, 0) is 19.6 Å². The lowest BCUT2D eigenvalue weighted by molar-refractivity contribution is 0.0706. The average Bonchev–Trinajstić information content (AvgIpc) is 3.54. The SMILES string of the molecule is O=C(NCc1ccccc1)c1c2n(c(=O)n1-c1ccc3occc3c1)CCN(C(=O)c1ccc(Cl)c(Cl)c1)C2. The van der Waals surface area contributed by atoms with Crippen LogP contribution >= 0.6 is 23.2 Å². The molecule has 0 radical (unpaired) electrons. The van der Waals surface area contributed by atoms with Gasteiger partial charge in [0, 0.05) is 30.6 Å². The Morgan fingerprint density at radius 1 is 0.923 bits per heavy atom. The number of carbonyl (C=O) groups excluding carboxylic acids is 2. The van der Waals surface area contributed by atoms with E-state index < -0.39 is 5.91 Å². The first-order valence-corrected chi connectivity index (χ1v) is 13.0. The molecule has 3 aromatic carbocycles. The van der Waals surface area contributed by atoms with Crippen molar-refractivity contribution in [1.29, 1.82) is 0 Å². The quantitative estimate of drug-likeness (QED) is 0.316. The van der Waals surface area contributed by atoms with E-state index in [0.29, 0.717) is 34.1 Å². The molecule has 39 heavy (non-hydrogen) atoms. The van der Waals surface area contributed by atoms with Gasteiger partial charge in [0.05, 0.1) is 34.2 Å². The summed E-state index contributed by atoms with van der Waals surface area (Å²) in [6, 6.07) is 21.3. The Labute approximate surface area is 233 Å². The summed E-state index contributed by atoms with van der Waals surface area (Å²) in [6.07, 6.45) is 1.57. The van der Waals surface area contributed by atoms with Gasteiger partial charge in [-0.1, -0.05) is 53.5 Å². The van der Waals surface area contributed by atoms with Gasteiger partial charge in [-0.25, -0.2) is 4.79 Å². The first kappa shape index (κ1) is 25.0. The number of fused-ring (bicyclic) bond motifs is 2. The summed E-state index contributed by atoms with van der Waals surface area (Å²) in [5.74, 6) is -0.684. The van der Waals surface area contributed by atoms with Crippen molar-refractivity contribution < 1.29 is 14.0 Å². The molecular weight excluding hydrogens is 539 g/mol. The van der Waals surface area contributed by atoms with Crippen LogP contribution in [0.1, 0.15) is 32.1 Å². The Morgan fingerprint density at radius 3 is 2.54 bits per heavy atom. The van der Waals surface area contributed by atoms with Crippen LogP contribution in [0, 0.1) is 0 Å². The fourth-order valence-electron chi connectivity index (χ4n) is 4.87. The first-order valence-electron chi connectivity index (χ1n) is 12.3. The maximum Gasteiger partial charge on any atom is 0.333 e. The molecule has 196 valence electrons. The molecule has 2 amide bonds. The number of amides is 2. The molecular formula is C29H22Cl2N4O4. The van der Waals surface area contributed by atoms with Gasteiger partial charge in [-0.3, -0.25) is 18.7 Å². The smallest absolute Gasteiger partial charge is 0.333 e. The van der Waals surface area contributed by atoms with Crippen LogP contribution in [0.25, 0.3) is 16.7 Å². The highest BCUT2D eigenvalue weighted by atomic mass is 35.5. The second-order valence-corrected chi connectivity index (χ2v) is 10.0. The van der Waals surface area contributed by atoms with E-state index in [1.165, 1.54) is 10.6 Å². The third kappa shape index (κ3) is 4.62. The molecule has 2 aromatic heterocycles. The van der Waals surface area contributed by atoms with Gasteiger partial charge in [-0.2, -0.15) is 0 Å². The van der Waals surface area contributed by atoms with Gasteiger partial charge in [0.2, 0.25) is 0 Å². The number of halogens is 2. The molecule has 1 N–H and O–H groups in total. The second-order valence-electron chi connectivity index (χ2n) is 9.23. The monoisotopic (exact) mass is 560 g/mol. The minimum atomic E-state index is -0.416. The second kappa shape index (κ2) is 10.1. The Kier molecular flexibility index (Phi) is 6.50. The maximum absolute atomic E-state index is 13.7. The van der Waals surface area contributed by atoms with Crippen molar-refractivity contribution in [2.45, 2.75) is 19.6 Å². The van der Waals surface area contributed by atoms with E-state index in [4.69, 9.17) is 27.6 Å². The number of hydrogen-bond acceptors (Lipinski definition) is 4. The van der Waals surface area contributed by atoms with Crippen LogP contribution in [0.3, 0.4) is 0 Å². The average molecular weight is 561 g/mol. The lowest BCUT2D eigenvalue weighted by Gasteiger charge is -2.28. The molecule has 5 aromatic rings. The number of imidazole rings is 1. The van der Waals surface area contributed by atoms with Crippen LogP contribution in [-0.4, -0.2) is 32.4 Å². The number of nitrogens with one attached hydrogen (secondary N) is 1. The summed E-state index contributed by atoms with van der Waals surface area (Å²) in [7, 11) is 0. The number of hydrogen-bond donors (Lipinski definition) is 1. The molecule has 0 unspecified atom stereocenters.